The Morgan fingerprint density at radius 1 is 1.11 bits per heavy atom. The molecule has 18 heavy (non-hydrogen) atoms. The largest absolute Gasteiger partial charge is 0.0838 e. The summed E-state index contributed by atoms with van der Waals surface area (Å²) in [6, 6.07) is 6.80. The van der Waals surface area contributed by atoms with Crippen molar-refractivity contribution in [3.05, 3.63) is 64.3 Å². The molecule has 0 saturated carbocycles. The second-order valence-corrected chi connectivity index (χ2v) is 5.81. The van der Waals surface area contributed by atoms with Crippen LogP contribution in [0.15, 0.2) is 47.6 Å². The highest BCUT2D eigenvalue weighted by atomic mass is 14.3. The van der Waals surface area contributed by atoms with E-state index in [2.05, 4.69) is 49.4 Å². The van der Waals surface area contributed by atoms with E-state index in [-0.39, 0.29) is 0 Å². The van der Waals surface area contributed by atoms with Crippen LogP contribution in [0, 0.1) is 5.92 Å². The van der Waals surface area contributed by atoms with Gasteiger partial charge in [-0.15, -0.1) is 0 Å². The fourth-order valence-electron chi connectivity index (χ4n) is 3.64. The van der Waals surface area contributed by atoms with E-state index in [1.165, 1.54) is 30.4 Å². The van der Waals surface area contributed by atoms with Crippen LogP contribution >= 0.6 is 0 Å². The van der Waals surface area contributed by atoms with Crippen molar-refractivity contribution in [2.24, 2.45) is 5.92 Å². The van der Waals surface area contributed by atoms with E-state index in [1.807, 2.05) is 0 Å². The molecule has 0 amide bonds. The molecule has 1 aromatic rings. The molecule has 3 aliphatic carbocycles. The van der Waals surface area contributed by atoms with Gasteiger partial charge in [0.05, 0.1) is 0 Å². The maximum atomic E-state index is 2.52. The first-order valence-corrected chi connectivity index (χ1v) is 7.03. The number of benzene rings is 1. The summed E-state index contributed by atoms with van der Waals surface area (Å²) in [7, 11) is 0. The lowest BCUT2D eigenvalue weighted by Gasteiger charge is -2.27. The van der Waals surface area contributed by atoms with Crippen molar-refractivity contribution in [2.75, 3.05) is 0 Å². The molecule has 4 rings (SSSR count). The van der Waals surface area contributed by atoms with Crippen LogP contribution in [-0.2, 0) is 6.42 Å². The summed E-state index contributed by atoms with van der Waals surface area (Å²) in [6.07, 6.45) is 13.4. The van der Waals surface area contributed by atoms with Crippen LogP contribution in [-0.4, -0.2) is 0 Å². The maximum Gasteiger partial charge on any atom is 0.0242 e. The molecule has 0 fully saturated rings. The fraction of sp³-hybridized carbons (Fsp3) is 0.333. The van der Waals surface area contributed by atoms with Crippen LogP contribution in [0.3, 0.4) is 0 Å². The van der Waals surface area contributed by atoms with Crippen molar-refractivity contribution in [3.63, 3.8) is 0 Å². The minimum Gasteiger partial charge on any atom is -0.0838 e. The lowest BCUT2D eigenvalue weighted by atomic mass is 9.77. The minimum absolute atomic E-state index is 0.555. The zero-order chi connectivity index (χ0) is 12.1. The first-order valence-electron chi connectivity index (χ1n) is 7.03. The summed E-state index contributed by atoms with van der Waals surface area (Å²) in [5.41, 5.74) is 7.75. The Hall–Kier alpha value is -1.56. The topological polar surface area (TPSA) is 0 Å². The zero-order valence-corrected chi connectivity index (χ0v) is 10.8. The molecule has 0 radical (unpaired) electrons. The van der Waals surface area contributed by atoms with Gasteiger partial charge in [-0.05, 0) is 47.4 Å². The zero-order valence-electron chi connectivity index (χ0n) is 10.8. The Balaban J connectivity index is 2.02. The minimum atomic E-state index is 0.555. The Bertz CT molecular complexity index is 598. The Morgan fingerprint density at radius 3 is 3.00 bits per heavy atom. The third-order valence-electron chi connectivity index (χ3n) is 4.74. The molecule has 2 atom stereocenters. The van der Waals surface area contributed by atoms with E-state index in [1.54, 1.807) is 16.7 Å². The molecular formula is C18H18. The van der Waals surface area contributed by atoms with Gasteiger partial charge in [-0.25, -0.2) is 0 Å². The first-order chi connectivity index (χ1) is 8.83. The summed E-state index contributed by atoms with van der Waals surface area (Å²) < 4.78 is 0. The van der Waals surface area contributed by atoms with Gasteiger partial charge >= 0.3 is 0 Å². The van der Waals surface area contributed by atoms with Crippen molar-refractivity contribution >= 4 is 6.08 Å². The van der Waals surface area contributed by atoms with Gasteiger partial charge in [0.25, 0.3) is 0 Å². The number of allylic oxidation sites excluding steroid dienone is 5. The van der Waals surface area contributed by atoms with Gasteiger partial charge in [0.2, 0.25) is 0 Å². The third kappa shape index (κ3) is 1.38. The van der Waals surface area contributed by atoms with Gasteiger partial charge in [0.1, 0.15) is 0 Å². The van der Waals surface area contributed by atoms with Crippen molar-refractivity contribution < 1.29 is 0 Å². The van der Waals surface area contributed by atoms with Gasteiger partial charge in [-0.2, -0.15) is 0 Å². The van der Waals surface area contributed by atoms with Crippen LogP contribution in [0.5, 0.6) is 0 Å². The summed E-state index contributed by atoms with van der Waals surface area (Å²) in [5, 5.41) is 0. The molecular weight excluding hydrogens is 216 g/mol. The van der Waals surface area contributed by atoms with Gasteiger partial charge in [-0.3, -0.25) is 0 Å². The quantitative estimate of drug-likeness (QED) is 0.574. The monoisotopic (exact) mass is 234 g/mol. The number of hydrogen-bond acceptors (Lipinski definition) is 0. The third-order valence-corrected chi connectivity index (χ3v) is 4.74. The number of hydrogen-bond donors (Lipinski definition) is 0. The van der Waals surface area contributed by atoms with E-state index in [4.69, 9.17) is 0 Å². The summed E-state index contributed by atoms with van der Waals surface area (Å²) in [4.78, 5) is 0. The molecule has 0 spiro atoms. The predicted molar refractivity (Wildman–Crippen MR) is 76.5 cm³/mol. The molecule has 0 aromatic heterocycles. The van der Waals surface area contributed by atoms with Crippen molar-refractivity contribution in [1.82, 2.24) is 0 Å². The summed E-state index contributed by atoms with van der Waals surface area (Å²) >= 11 is 0. The van der Waals surface area contributed by atoms with Gasteiger partial charge in [-0.1, -0.05) is 55.0 Å². The van der Waals surface area contributed by atoms with Crippen LogP contribution in [0.2, 0.25) is 0 Å². The van der Waals surface area contributed by atoms with Crippen LogP contribution in [0.4, 0.5) is 0 Å². The molecule has 2 bridgehead atoms. The van der Waals surface area contributed by atoms with E-state index in [0.29, 0.717) is 11.8 Å². The predicted octanol–water partition coefficient (Wildman–Crippen LogP) is 4.64. The maximum absolute atomic E-state index is 2.52. The smallest absolute Gasteiger partial charge is 0.0242 e. The molecule has 0 heterocycles. The molecule has 1 aromatic carbocycles. The second-order valence-electron chi connectivity index (χ2n) is 5.81. The van der Waals surface area contributed by atoms with Gasteiger partial charge in [0, 0.05) is 5.92 Å². The average molecular weight is 234 g/mol. The molecule has 0 heteroatoms. The van der Waals surface area contributed by atoms with Crippen molar-refractivity contribution in [1.29, 1.82) is 0 Å². The van der Waals surface area contributed by atoms with E-state index >= 15 is 0 Å². The highest BCUT2D eigenvalue weighted by Crippen LogP contribution is 2.44. The Labute approximate surface area is 109 Å². The van der Waals surface area contributed by atoms with E-state index in [9.17, 15) is 0 Å². The normalized spacial score (nSPS) is 28.1. The van der Waals surface area contributed by atoms with Crippen LogP contribution < -0.4 is 0 Å². The highest BCUT2D eigenvalue weighted by molar-refractivity contribution is 5.66. The molecule has 0 saturated heterocycles. The average Bonchev–Trinajstić information content (AvgIpc) is 2.68. The van der Waals surface area contributed by atoms with Gasteiger partial charge < -0.3 is 0 Å². The SMILES string of the molecule is CC1CC=C2CCc3cccc4c3C2C=C1C=C4. The lowest BCUT2D eigenvalue weighted by molar-refractivity contribution is 0.713. The molecule has 0 aliphatic heterocycles. The van der Waals surface area contributed by atoms with Crippen LogP contribution in [0.25, 0.3) is 6.08 Å². The van der Waals surface area contributed by atoms with Crippen molar-refractivity contribution in [3.8, 4) is 0 Å². The Kier molecular flexibility index (Phi) is 2.14. The standard InChI is InChI=1S/C18H18/c1-12-5-6-13-7-8-14-3-2-4-15-9-10-16(12)11-17(13)18(14)15/h2-4,6,9-12,17H,5,7-8H2,1H3. The summed E-state index contributed by atoms with van der Waals surface area (Å²) in [5.74, 6) is 1.22. The van der Waals surface area contributed by atoms with E-state index in [0.717, 1.165) is 0 Å². The summed E-state index contributed by atoms with van der Waals surface area (Å²) in [6.45, 7) is 2.35. The van der Waals surface area contributed by atoms with E-state index < -0.39 is 0 Å². The van der Waals surface area contributed by atoms with Crippen molar-refractivity contribution in [2.45, 2.75) is 32.1 Å². The molecule has 2 unspecified atom stereocenters. The number of rotatable bonds is 0. The number of aryl methyl sites for hydroxylation is 1. The lowest BCUT2D eigenvalue weighted by Crippen LogP contribution is -2.12. The molecule has 0 nitrogen and oxygen atoms in total. The Morgan fingerprint density at radius 2 is 2.06 bits per heavy atom. The first kappa shape index (κ1) is 10.4. The second kappa shape index (κ2) is 3.71. The molecule has 3 aliphatic rings. The molecule has 90 valence electrons. The van der Waals surface area contributed by atoms with Crippen LogP contribution in [0.1, 0.15) is 42.4 Å². The fourth-order valence-corrected chi connectivity index (χ4v) is 3.64. The highest BCUT2D eigenvalue weighted by Gasteiger charge is 2.28. The van der Waals surface area contributed by atoms with Gasteiger partial charge in [0.15, 0.2) is 0 Å². The molecule has 0 N–H and O–H groups in total.